The van der Waals surface area contributed by atoms with E-state index in [0.717, 1.165) is 42.1 Å². The van der Waals surface area contributed by atoms with Gasteiger partial charge in [0.05, 0.1) is 11.5 Å². The molecular weight excluding hydrogens is 373 g/mol. The Labute approximate surface area is 161 Å². The molecular formula is C20H23F3N2O3. The number of hydrazine groups is 1. The van der Waals surface area contributed by atoms with E-state index < -0.39 is 41.3 Å². The fraction of sp³-hybridized carbons (Fsp3) is 0.550. The van der Waals surface area contributed by atoms with Crippen molar-refractivity contribution < 1.29 is 27.6 Å². The van der Waals surface area contributed by atoms with Gasteiger partial charge in [0.15, 0.2) is 0 Å². The first kappa shape index (κ1) is 20.4. The van der Waals surface area contributed by atoms with Crippen LogP contribution in [0.25, 0.3) is 0 Å². The molecule has 1 aliphatic carbocycles. The van der Waals surface area contributed by atoms with Gasteiger partial charge in [-0.25, -0.2) is 0 Å². The van der Waals surface area contributed by atoms with Crippen LogP contribution in [0, 0.1) is 29.6 Å². The van der Waals surface area contributed by atoms with Crippen molar-refractivity contribution in [2.75, 3.05) is 0 Å². The summed E-state index contributed by atoms with van der Waals surface area (Å²) >= 11 is 0. The number of halogens is 3. The summed E-state index contributed by atoms with van der Waals surface area (Å²) in [6.07, 6.45) is -2.71. The first-order chi connectivity index (χ1) is 13.1. The average Bonchev–Trinajstić information content (AvgIpc) is 3.33. The quantitative estimate of drug-likeness (QED) is 0.773. The number of amides is 3. The number of benzene rings is 1. The first-order valence-corrected chi connectivity index (χ1v) is 9.42. The second-order valence-electron chi connectivity index (χ2n) is 7.79. The van der Waals surface area contributed by atoms with Crippen molar-refractivity contribution in [2.45, 2.75) is 39.8 Å². The summed E-state index contributed by atoms with van der Waals surface area (Å²) in [5.41, 5.74) is 1.34. The average molecular weight is 396 g/mol. The van der Waals surface area contributed by atoms with Crippen molar-refractivity contribution in [3.63, 3.8) is 0 Å². The number of alkyl halides is 3. The predicted molar refractivity (Wildman–Crippen MR) is 94.5 cm³/mol. The third kappa shape index (κ3) is 3.64. The topological polar surface area (TPSA) is 66.5 Å². The normalized spacial score (nSPS) is 28.4. The summed E-state index contributed by atoms with van der Waals surface area (Å²) in [5, 5.41) is 0.741. The first-order valence-electron chi connectivity index (χ1n) is 9.42. The van der Waals surface area contributed by atoms with Crippen molar-refractivity contribution in [3.05, 3.63) is 35.4 Å². The Morgan fingerprint density at radius 2 is 1.75 bits per heavy atom. The smallest absolute Gasteiger partial charge is 0.272 e. The molecule has 152 valence electrons. The molecule has 0 bridgehead atoms. The lowest BCUT2D eigenvalue weighted by molar-refractivity contribution is -0.143. The van der Waals surface area contributed by atoms with E-state index in [1.807, 2.05) is 6.92 Å². The predicted octanol–water partition coefficient (Wildman–Crippen LogP) is 3.65. The molecule has 1 aliphatic heterocycles. The van der Waals surface area contributed by atoms with E-state index in [0.29, 0.717) is 11.8 Å². The molecule has 5 atom stereocenters. The van der Waals surface area contributed by atoms with Crippen LogP contribution in [0.3, 0.4) is 0 Å². The van der Waals surface area contributed by atoms with E-state index in [1.165, 1.54) is 0 Å². The third-order valence-corrected chi connectivity index (χ3v) is 6.00. The number of carbonyl (C=O) groups is 3. The van der Waals surface area contributed by atoms with Crippen LogP contribution in [-0.4, -0.2) is 22.7 Å². The molecule has 1 saturated carbocycles. The molecule has 5 unspecified atom stereocenters. The van der Waals surface area contributed by atoms with Gasteiger partial charge in [-0.05, 0) is 48.4 Å². The van der Waals surface area contributed by atoms with Crippen molar-refractivity contribution >= 4 is 17.7 Å². The molecule has 0 spiro atoms. The zero-order valence-electron chi connectivity index (χ0n) is 15.9. The molecule has 3 amide bonds. The Balaban J connectivity index is 1.74. The van der Waals surface area contributed by atoms with Crippen molar-refractivity contribution in [1.82, 2.24) is 10.4 Å². The number of nitrogens with zero attached hydrogens (tertiary/aromatic N) is 1. The van der Waals surface area contributed by atoms with E-state index in [1.54, 1.807) is 6.92 Å². The number of imide groups is 1. The molecule has 1 aromatic carbocycles. The highest BCUT2D eigenvalue weighted by Gasteiger charge is 2.54. The Morgan fingerprint density at radius 1 is 1.18 bits per heavy atom. The third-order valence-electron chi connectivity index (χ3n) is 6.00. The number of nitrogens with one attached hydrogen (secondary N) is 1. The lowest BCUT2D eigenvalue weighted by Crippen LogP contribution is -2.47. The van der Waals surface area contributed by atoms with Crippen LogP contribution in [0.1, 0.15) is 49.5 Å². The van der Waals surface area contributed by atoms with Gasteiger partial charge in [-0.1, -0.05) is 27.2 Å². The van der Waals surface area contributed by atoms with Crippen LogP contribution in [0.5, 0.6) is 0 Å². The molecule has 1 aromatic rings. The number of carbonyl (C=O) groups excluding carboxylic acids is 3. The van der Waals surface area contributed by atoms with Crippen LogP contribution < -0.4 is 5.43 Å². The second kappa shape index (κ2) is 7.22. The van der Waals surface area contributed by atoms with Crippen molar-refractivity contribution in [1.29, 1.82) is 0 Å². The van der Waals surface area contributed by atoms with Gasteiger partial charge in [-0.15, -0.1) is 0 Å². The number of hydrogen-bond acceptors (Lipinski definition) is 3. The summed E-state index contributed by atoms with van der Waals surface area (Å²) in [6.45, 7) is 5.79. The fourth-order valence-electron chi connectivity index (χ4n) is 4.24. The minimum Gasteiger partial charge on any atom is -0.272 e. The molecule has 3 rings (SSSR count). The van der Waals surface area contributed by atoms with Gasteiger partial charge in [0, 0.05) is 11.5 Å². The molecule has 8 heteroatoms. The largest absolute Gasteiger partial charge is 0.416 e. The Morgan fingerprint density at radius 3 is 2.21 bits per heavy atom. The Hall–Kier alpha value is -2.38. The fourth-order valence-corrected chi connectivity index (χ4v) is 4.24. The van der Waals surface area contributed by atoms with E-state index in [-0.39, 0.29) is 11.5 Å². The van der Waals surface area contributed by atoms with E-state index >= 15 is 0 Å². The van der Waals surface area contributed by atoms with Crippen LogP contribution >= 0.6 is 0 Å². The van der Waals surface area contributed by atoms with Crippen LogP contribution in [0.4, 0.5) is 13.2 Å². The van der Waals surface area contributed by atoms with E-state index in [9.17, 15) is 27.6 Å². The van der Waals surface area contributed by atoms with Crippen molar-refractivity contribution in [2.24, 2.45) is 29.6 Å². The lowest BCUT2D eigenvalue weighted by Gasteiger charge is -2.23. The summed E-state index contributed by atoms with van der Waals surface area (Å²) in [5.74, 6) is -1.75. The summed E-state index contributed by atoms with van der Waals surface area (Å²) in [4.78, 5) is 37.8. The van der Waals surface area contributed by atoms with Gasteiger partial charge in [-0.2, -0.15) is 18.2 Å². The lowest BCUT2D eigenvalue weighted by atomic mass is 9.79. The molecule has 5 nitrogen and oxygen atoms in total. The summed E-state index contributed by atoms with van der Waals surface area (Å²) in [7, 11) is 0. The summed E-state index contributed by atoms with van der Waals surface area (Å²) < 4.78 is 37.9. The molecule has 28 heavy (non-hydrogen) atoms. The van der Waals surface area contributed by atoms with Gasteiger partial charge in [0.25, 0.3) is 17.7 Å². The van der Waals surface area contributed by atoms with Gasteiger partial charge >= 0.3 is 6.18 Å². The highest BCUT2D eigenvalue weighted by Crippen LogP contribution is 2.50. The maximum absolute atomic E-state index is 12.9. The molecule has 2 aliphatic rings. The zero-order chi connectivity index (χ0) is 20.8. The molecule has 2 fully saturated rings. The number of hydrogen-bond donors (Lipinski definition) is 1. The minimum atomic E-state index is -4.51. The Kier molecular flexibility index (Phi) is 5.25. The number of rotatable bonds is 5. The standard InChI is InChI=1S/C20H23F3N2O3/c1-4-14(15-9-10(15)2)16-11(3)18(27)25(19(16)28)24-17(26)12-5-7-13(8-6-12)20(21,22)23/h5-8,10-11,14-16H,4,9H2,1-3H3,(H,24,26). The minimum absolute atomic E-state index is 0.0624. The molecule has 1 heterocycles. The van der Waals surface area contributed by atoms with Gasteiger partial charge < -0.3 is 0 Å². The highest BCUT2D eigenvalue weighted by atomic mass is 19.4. The summed E-state index contributed by atoms with van der Waals surface area (Å²) in [6, 6.07) is 3.61. The van der Waals surface area contributed by atoms with E-state index in [2.05, 4.69) is 12.3 Å². The van der Waals surface area contributed by atoms with E-state index in [4.69, 9.17) is 0 Å². The van der Waals surface area contributed by atoms with Gasteiger partial charge in [0.1, 0.15) is 0 Å². The van der Waals surface area contributed by atoms with Crippen LogP contribution in [0.15, 0.2) is 24.3 Å². The molecule has 1 saturated heterocycles. The molecule has 0 radical (unpaired) electrons. The van der Waals surface area contributed by atoms with Crippen LogP contribution in [-0.2, 0) is 15.8 Å². The highest BCUT2D eigenvalue weighted by molar-refractivity contribution is 6.07. The Bertz CT molecular complexity index is 791. The maximum Gasteiger partial charge on any atom is 0.416 e. The molecule has 0 aromatic heterocycles. The van der Waals surface area contributed by atoms with Crippen LogP contribution in [0.2, 0.25) is 0 Å². The van der Waals surface area contributed by atoms with Gasteiger partial charge in [0.2, 0.25) is 0 Å². The monoisotopic (exact) mass is 396 g/mol. The van der Waals surface area contributed by atoms with Gasteiger partial charge in [-0.3, -0.25) is 19.8 Å². The maximum atomic E-state index is 12.9. The second-order valence-corrected chi connectivity index (χ2v) is 7.79. The SMILES string of the molecule is CCC(C1CC1C)C1C(=O)N(NC(=O)c2ccc(C(F)(F)F)cc2)C(=O)C1C. The van der Waals surface area contributed by atoms with Crippen molar-refractivity contribution in [3.8, 4) is 0 Å². The zero-order valence-corrected chi connectivity index (χ0v) is 15.9. The molecule has 1 N–H and O–H groups in total.